The van der Waals surface area contributed by atoms with Gasteiger partial charge in [0.1, 0.15) is 5.82 Å². The molecule has 5 rings (SSSR count). The number of nitrogens with zero attached hydrogens (tertiary/aromatic N) is 3. The van der Waals surface area contributed by atoms with Gasteiger partial charge >= 0.3 is 0 Å². The molecule has 6 heteroatoms. The van der Waals surface area contributed by atoms with Gasteiger partial charge in [-0.05, 0) is 49.1 Å². The standard InChI is InChI=1S/C22H22N4O2/c1-3-17-18(4-1)25-21(16-7-9-23-10-8-16)26-22(17)24-14-15-5-6-19-20(13-15)28-12-2-11-27-19/h5-10,13H,1-4,11-12,14H2,(H,24,25,26). The Hall–Kier alpha value is -3.15. The molecular weight excluding hydrogens is 352 g/mol. The molecule has 3 heterocycles. The van der Waals surface area contributed by atoms with Crippen molar-refractivity contribution in [3.63, 3.8) is 0 Å². The minimum atomic E-state index is 0.676. The number of hydrogen-bond donors (Lipinski definition) is 1. The van der Waals surface area contributed by atoms with Gasteiger partial charge in [0.2, 0.25) is 0 Å². The predicted octanol–water partition coefficient (Wildman–Crippen LogP) is 3.80. The first-order chi connectivity index (χ1) is 13.9. The minimum absolute atomic E-state index is 0.676. The lowest BCUT2D eigenvalue weighted by molar-refractivity contribution is 0.297. The van der Waals surface area contributed by atoms with Gasteiger partial charge in [-0.25, -0.2) is 9.97 Å². The summed E-state index contributed by atoms with van der Waals surface area (Å²) in [6.45, 7) is 2.07. The molecule has 1 aliphatic heterocycles. The second-order valence-corrected chi connectivity index (χ2v) is 7.10. The van der Waals surface area contributed by atoms with Gasteiger partial charge in [-0.2, -0.15) is 0 Å². The second kappa shape index (κ2) is 7.46. The summed E-state index contributed by atoms with van der Waals surface area (Å²) in [4.78, 5) is 13.7. The number of aromatic nitrogens is 3. The molecule has 0 amide bonds. The molecule has 2 aliphatic rings. The third-order valence-electron chi connectivity index (χ3n) is 5.14. The lowest BCUT2D eigenvalue weighted by Crippen LogP contribution is -2.08. The van der Waals surface area contributed by atoms with E-state index in [1.165, 1.54) is 5.56 Å². The monoisotopic (exact) mass is 374 g/mol. The highest BCUT2D eigenvalue weighted by Gasteiger charge is 2.20. The van der Waals surface area contributed by atoms with E-state index in [1.54, 1.807) is 12.4 Å². The van der Waals surface area contributed by atoms with Crippen LogP contribution in [0.4, 0.5) is 5.82 Å². The molecule has 1 N–H and O–H groups in total. The molecule has 0 radical (unpaired) electrons. The van der Waals surface area contributed by atoms with Crippen molar-refractivity contribution in [3.8, 4) is 22.9 Å². The molecule has 0 unspecified atom stereocenters. The van der Waals surface area contributed by atoms with Crippen LogP contribution in [-0.4, -0.2) is 28.2 Å². The Labute approximate surface area is 164 Å². The molecule has 3 aromatic rings. The normalized spacial score (nSPS) is 15.0. The van der Waals surface area contributed by atoms with Crippen LogP contribution in [0.2, 0.25) is 0 Å². The first-order valence-electron chi connectivity index (χ1n) is 9.79. The average molecular weight is 374 g/mol. The maximum atomic E-state index is 5.81. The molecular formula is C22H22N4O2. The summed E-state index contributed by atoms with van der Waals surface area (Å²) >= 11 is 0. The van der Waals surface area contributed by atoms with Gasteiger partial charge in [-0.1, -0.05) is 6.07 Å². The van der Waals surface area contributed by atoms with Crippen molar-refractivity contribution >= 4 is 5.82 Å². The summed E-state index contributed by atoms with van der Waals surface area (Å²) in [6, 6.07) is 10.0. The van der Waals surface area contributed by atoms with Gasteiger partial charge in [0.15, 0.2) is 17.3 Å². The Balaban J connectivity index is 1.41. The van der Waals surface area contributed by atoms with E-state index in [1.807, 2.05) is 18.2 Å². The highest BCUT2D eigenvalue weighted by atomic mass is 16.5. The van der Waals surface area contributed by atoms with Crippen LogP contribution in [0, 0.1) is 0 Å². The van der Waals surface area contributed by atoms with Crippen LogP contribution in [-0.2, 0) is 19.4 Å². The van der Waals surface area contributed by atoms with E-state index in [2.05, 4.69) is 22.4 Å². The van der Waals surface area contributed by atoms with E-state index in [4.69, 9.17) is 19.4 Å². The van der Waals surface area contributed by atoms with Crippen molar-refractivity contribution in [1.82, 2.24) is 15.0 Å². The quantitative estimate of drug-likeness (QED) is 0.749. The largest absolute Gasteiger partial charge is 0.490 e. The van der Waals surface area contributed by atoms with Crippen molar-refractivity contribution < 1.29 is 9.47 Å². The number of fused-ring (bicyclic) bond motifs is 2. The number of rotatable bonds is 4. The van der Waals surface area contributed by atoms with Crippen LogP contribution in [0.1, 0.15) is 29.7 Å². The summed E-state index contributed by atoms with van der Waals surface area (Å²) in [5.74, 6) is 3.33. The van der Waals surface area contributed by atoms with Gasteiger partial charge in [0, 0.05) is 42.2 Å². The van der Waals surface area contributed by atoms with Crippen LogP contribution in [0.25, 0.3) is 11.4 Å². The molecule has 0 spiro atoms. The van der Waals surface area contributed by atoms with Crippen LogP contribution in [0.3, 0.4) is 0 Å². The number of hydrogen-bond acceptors (Lipinski definition) is 6. The van der Waals surface area contributed by atoms with E-state index >= 15 is 0 Å². The number of benzene rings is 1. The molecule has 142 valence electrons. The smallest absolute Gasteiger partial charge is 0.161 e. The van der Waals surface area contributed by atoms with Gasteiger partial charge in [-0.15, -0.1) is 0 Å². The number of aryl methyl sites for hydroxylation is 1. The number of anilines is 1. The Morgan fingerprint density at radius 1 is 0.893 bits per heavy atom. The van der Waals surface area contributed by atoms with E-state index < -0.39 is 0 Å². The van der Waals surface area contributed by atoms with Gasteiger partial charge in [-0.3, -0.25) is 4.98 Å². The van der Waals surface area contributed by atoms with Gasteiger partial charge in [0.05, 0.1) is 13.2 Å². The number of nitrogens with one attached hydrogen (secondary N) is 1. The lowest BCUT2D eigenvalue weighted by atomic mass is 10.1. The number of pyridine rings is 1. The van der Waals surface area contributed by atoms with Gasteiger partial charge in [0.25, 0.3) is 0 Å². The molecule has 0 saturated carbocycles. The average Bonchev–Trinajstić information content (AvgIpc) is 3.10. The Kier molecular flexibility index (Phi) is 4.53. The summed E-state index contributed by atoms with van der Waals surface area (Å²) < 4.78 is 11.5. The van der Waals surface area contributed by atoms with Crippen molar-refractivity contribution in [1.29, 1.82) is 0 Å². The fourth-order valence-electron chi connectivity index (χ4n) is 3.71. The zero-order valence-corrected chi connectivity index (χ0v) is 15.6. The fraction of sp³-hybridized carbons (Fsp3) is 0.318. The molecule has 1 aliphatic carbocycles. The zero-order valence-electron chi connectivity index (χ0n) is 15.6. The summed E-state index contributed by atoms with van der Waals surface area (Å²) in [7, 11) is 0. The van der Waals surface area contributed by atoms with Crippen molar-refractivity contribution in [2.75, 3.05) is 18.5 Å². The first-order valence-corrected chi connectivity index (χ1v) is 9.79. The molecule has 2 aromatic heterocycles. The third kappa shape index (κ3) is 3.38. The lowest BCUT2D eigenvalue weighted by Gasteiger charge is -2.14. The fourth-order valence-corrected chi connectivity index (χ4v) is 3.71. The highest BCUT2D eigenvalue weighted by Crippen LogP contribution is 2.32. The van der Waals surface area contributed by atoms with Crippen LogP contribution < -0.4 is 14.8 Å². The highest BCUT2D eigenvalue weighted by molar-refractivity contribution is 5.60. The second-order valence-electron chi connectivity index (χ2n) is 7.10. The van der Waals surface area contributed by atoms with E-state index in [-0.39, 0.29) is 0 Å². The van der Waals surface area contributed by atoms with Crippen molar-refractivity contribution in [2.45, 2.75) is 32.2 Å². The van der Waals surface area contributed by atoms with Crippen LogP contribution in [0.15, 0.2) is 42.7 Å². The molecule has 0 saturated heterocycles. The predicted molar refractivity (Wildman–Crippen MR) is 107 cm³/mol. The van der Waals surface area contributed by atoms with Crippen LogP contribution >= 0.6 is 0 Å². The topological polar surface area (TPSA) is 69.2 Å². The molecule has 0 atom stereocenters. The summed E-state index contributed by atoms with van der Waals surface area (Å²) in [5, 5.41) is 3.53. The molecule has 6 nitrogen and oxygen atoms in total. The van der Waals surface area contributed by atoms with E-state index in [0.29, 0.717) is 19.8 Å². The van der Waals surface area contributed by atoms with Crippen LogP contribution in [0.5, 0.6) is 11.5 Å². The van der Waals surface area contributed by atoms with Crippen molar-refractivity contribution in [2.24, 2.45) is 0 Å². The first kappa shape index (κ1) is 17.0. The maximum absolute atomic E-state index is 5.81. The molecule has 0 bridgehead atoms. The van der Waals surface area contributed by atoms with Gasteiger partial charge < -0.3 is 14.8 Å². The zero-order chi connectivity index (χ0) is 18.8. The summed E-state index contributed by atoms with van der Waals surface area (Å²) in [6.07, 6.45) is 7.62. The Morgan fingerprint density at radius 3 is 2.64 bits per heavy atom. The molecule has 0 fully saturated rings. The van der Waals surface area contributed by atoms with E-state index in [9.17, 15) is 0 Å². The van der Waals surface area contributed by atoms with E-state index in [0.717, 1.165) is 65.6 Å². The SMILES string of the molecule is c1cc(-c2nc3c(c(NCc4ccc5c(c4)OCCCO5)n2)CCC3)ccn1. The molecule has 28 heavy (non-hydrogen) atoms. The third-order valence-corrected chi connectivity index (χ3v) is 5.14. The molecule has 1 aromatic carbocycles. The summed E-state index contributed by atoms with van der Waals surface area (Å²) in [5.41, 5.74) is 4.53. The Morgan fingerprint density at radius 2 is 1.75 bits per heavy atom. The van der Waals surface area contributed by atoms with Crippen molar-refractivity contribution in [3.05, 3.63) is 59.5 Å². The Bertz CT molecular complexity index is 991. The minimum Gasteiger partial charge on any atom is -0.490 e. The number of ether oxygens (including phenoxy) is 2. The maximum Gasteiger partial charge on any atom is 0.161 e.